The molecule has 2 rings (SSSR count). The largest absolute Gasteiger partial charge is 0.338 e. The highest BCUT2D eigenvalue weighted by Gasteiger charge is 2.43. The molecule has 0 aromatic rings. The lowest BCUT2D eigenvalue weighted by Gasteiger charge is -2.49. The van der Waals surface area contributed by atoms with Crippen LogP contribution in [0, 0.1) is 10.8 Å². The molecule has 0 unspecified atom stereocenters. The van der Waals surface area contributed by atoms with Gasteiger partial charge in [0, 0.05) is 38.3 Å². The summed E-state index contributed by atoms with van der Waals surface area (Å²) in [5.41, 5.74) is 0.210. The van der Waals surface area contributed by atoms with E-state index in [0.717, 1.165) is 32.7 Å². The van der Waals surface area contributed by atoms with Crippen LogP contribution in [-0.2, 0) is 4.79 Å². The first-order valence-corrected chi connectivity index (χ1v) is 9.03. The number of piperazine rings is 1. The monoisotopic (exact) mass is 323 g/mol. The molecule has 2 heterocycles. The fraction of sp³-hybridized carbons (Fsp3) is 0.947. The average molecular weight is 324 g/mol. The van der Waals surface area contributed by atoms with Crippen molar-refractivity contribution in [2.24, 2.45) is 10.8 Å². The first-order chi connectivity index (χ1) is 10.2. The van der Waals surface area contributed by atoms with E-state index in [9.17, 15) is 4.79 Å². The molecule has 0 bridgehead atoms. The zero-order chi connectivity index (χ0) is 17.7. The summed E-state index contributed by atoms with van der Waals surface area (Å²) in [5.74, 6) is 0.229. The normalized spacial score (nSPS) is 29.6. The topological polar surface area (TPSA) is 35.6 Å². The van der Waals surface area contributed by atoms with E-state index in [4.69, 9.17) is 0 Å². The number of piperidine rings is 1. The molecule has 2 fully saturated rings. The number of nitrogens with zero attached hydrogens (tertiary/aromatic N) is 2. The van der Waals surface area contributed by atoms with Crippen LogP contribution >= 0.6 is 0 Å². The van der Waals surface area contributed by atoms with Gasteiger partial charge in [0.25, 0.3) is 0 Å². The Kier molecular flexibility index (Phi) is 4.67. The van der Waals surface area contributed by atoms with Crippen LogP contribution in [-0.4, -0.2) is 59.5 Å². The number of nitrogens with one attached hydrogen (secondary N) is 1. The number of carbonyl (C=O) groups excluding carboxylic acids is 1. The van der Waals surface area contributed by atoms with Crippen LogP contribution in [0.15, 0.2) is 0 Å². The lowest BCUT2D eigenvalue weighted by atomic mass is 9.71. The molecule has 134 valence electrons. The van der Waals surface area contributed by atoms with Crippen molar-refractivity contribution in [3.8, 4) is 0 Å². The summed E-state index contributed by atoms with van der Waals surface area (Å²) >= 11 is 0. The molecule has 0 aromatic carbocycles. The van der Waals surface area contributed by atoms with Crippen molar-refractivity contribution in [2.45, 2.75) is 72.9 Å². The van der Waals surface area contributed by atoms with E-state index in [1.807, 2.05) is 13.8 Å². The number of likely N-dealkylation sites (tertiary alicyclic amines) is 1. The van der Waals surface area contributed by atoms with Crippen LogP contribution in [0.4, 0.5) is 0 Å². The highest BCUT2D eigenvalue weighted by Crippen LogP contribution is 2.39. The number of carbonyl (C=O) groups is 1. The summed E-state index contributed by atoms with van der Waals surface area (Å²) in [6, 6.07) is 0. The fourth-order valence-corrected chi connectivity index (χ4v) is 5.16. The van der Waals surface area contributed by atoms with Crippen molar-refractivity contribution in [3.05, 3.63) is 0 Å². The van der Waals surface area contributed by atoms with Crippen molar-refractivity contribution >= 4 is 5.91 Å². The van der Waals surface area contributed by atoms with Gasteiger partial charge in [0.15, 0.2) is 0 Å². The predicted octanol–water partition coefficient (Wildman–Crippen LogP) is 2.73. The van der Waals surface area contributed by atoms with Crippen LogP contribution in [0.1, 0.15) is 61.8 Å². The van der Waals surface area contributed by atoms with Crippen molar-refractivity contribution < 1.29 is 4.79 Å². The highest BCUT2D eigenvalue weighted by atomic mass is 16.2. The van der Waals surface area contributed by atoms with E-state index < -0.39 is 5.54 Å². The smallest absolute Gasteiger partial charge is 0.242 e. The number of hydrogen-bond acceptors (Lipinski definition) is 3. The Labute approximate surface area is 143 Å². The number of rotatable bonds is 3. The third-order valence-corrected chi connectivity index (χ3v) is 5.01. The Hall–Kier alpha value is -0.610. The van der Waals surface area contributed by atoms with Gasteiger partial charge in [0.1, 0.15) is 0 Å². The maximum Gasteiger partial charge on any atom is 0.242 e. The molecule has 1 amide bonds. The quantitative estimate of drug-likeness (QED) is 0.867. The van der Waals surface area contributed by atoms with Gasteiger partial charge in [0.2, 0.25) is 5.91 Å². The average Bonchev–Trinajstić information content (AvgIpc) is 2.26. The zero-order valence-electron chi connectivity index (χ0n) is 16.5. The molecule has 0 spiro atoms. The Morgan fingerprint density at radius 1 is 0.870 bits per heavy atom. The van der Waals surface area contributed by atoms with Gasteiger partial charge in [-0.1, -0.05) is 27.7 Å². The summed E-state index contributed by atoms with van der Waals surface area (Å²) in [6.07, 6.45) is 1.27. The van der Waals surface area contributed by atoms with Crippen LogP contribution in [0.3, 0.4) is 0 Å². The molecule has 2 saturated heterocycles. The molecular weight excluding hydrogens is 286 g/mol. The summed E-state index contributed by atoms with van der Waals surface area (Å²) in [4.78, 5) is 17.3. The van der Waals surface area contributed by atoms with Crippen molar-refractivity contribution in [2.75, 3.05) is 32.7 Å². The molecule has 2 aliphatic rings. The number of amides is 1. The summed E-state index contributed by atoms with van der Waals surface area (Å²) < 4.78 is 0. The van der Waals surface area contributed by atoms with E-state index in [2.05, 4.69) is 56.7 Å². The standard InChI is InChI=1S/C19H37N3O/c1-16(2)11-17(3,4)13-21(12-16)9-10-22-14-18(5,6)20-19(7,8)15(22)23/h20H,9-14H2,1-8H3. The molecule has 0 atom stereocenters. The van der Waals surface area contributed by atoms with Gasteiger partial charge in [0.05, 0.1) is 5.54 Å². The summed E-state index contributed by atoms with van der Waals surface area (Å²) in [6.45, 7) is 22.7. The third kappa shape index (κ3) is 4.69. The van der Waals surface area contributed by atoms with Crippen LogP contribution in [0.2, 0.25) is 0 Å². The van der Waals surface area contributed by atoms with E-state index in [0.29, 0.717) is 10.8 Å². The van der Waals surface area contributed by atoms with Crippen molar-refractivity contribution in [1.29, 1.82) is 0 Å². The molecule has 2 aliphatic heterocycles. The highest BCUT2D eigenvalue weighted by molar-refractivity contribution is 5.86. The van der Waals surface area contributed by atoms with Gasteiger partial charge >= 0.3 is 0 Å². The number of hydrogen-bond donors (Lipinski definition) is 1. The molecule has 0 aliphatic carbocycles. The van der Waals surface area contributed by atoms with Crippen LogP contribution in [0.25, 0.3) is 0 Å². The summed E-state index contributed by atoms with van der Waals surface area (Å²) in [7, 11) is 0. The maximum absolute atomic E-state index is 12.7. The van der Waals surface area contributed by atoms with E-state index in [-0.39, 0.29) is 11.4 Å². The molecule has 23 heavy (non-hydrogen) atoms. The molecular formula is C19H37N3O. The molecule has 4 heteroatoms. The third-order valence-electron chi connectivity index (χ3n) is 5.01. The van der Waals surface area contributed by atoms with E-state index >= 15 is 0 Å². The van der Waals surface area contributed by atoms with E-state index in [1.165, 1.54) is 6.42 Å². The van der Waals surface area contributed by atoms with Gasteiger partial charge in [-0.15, -0.1) is 0 Å². The van der Waals surface area contributed by atoms with Gasteiger partial charge in [-0.3, -0.25) is 10.1 Å². The molecule has 4 nitrogen and oxygen atoms in total. The van der Waals surface area contributed by atoms with Gasteiger partial charge in [-0.2, -0.15) is 0 Å². The molecule has 0 saturated carbocycles. The second kappa shape index (κ2) is 5.73. The Morgan fingerprint density at radius 2 is 1.39 bits per heavy atom. The first-order valence-electron chi connectivity index (χ1n) is 9.03. The van der Waals surface area contributed by atoms with Crippen LogP contribution in [0.5, 0.6) is 0 Å². The second-order valence-corrected chi connectivity index (χ2v) is 10.6. The lowest BCUT2D eigenvalue weighted by molar-refractivity contribution is -0.144. The second-order valence-electron chi connectivity index (χ2n) is 10.6. The minimum absolute atomic E-state index is 0.0299. The first kappa shape index (κ1) is 18.7. The SMILES string of the molecule is CC1(C)CN(CCN2CC(C)(C)NC(C)(C)C2=O)CC(C)(C)C1. The zero-order valence-corrected chi connectivity index (χ0v) is 16.5. The van der Waals surface area contributed by atoms with Crippen molar-refractivity contribution in [1.82, 2.24) is 15.1 Å². The van der Waals surface area contributed by atoms with Crippen molar-refractivity contribution in [3.63, 3.8) is 0 Å². The molecule has 1 N–H and O–H groups in total. The Balaban J connectivity index is 2.01. The van der Waals surface area contributed by atoms with Gasteiger partial charge in [-0.25, -0.2) is 0 Å². The predicted molar refractivity (Wildman–Crippen MR) is 96.5 cm³/mol. The Morgan fingerprint density at radius 3 is 1.91 bits per heavy atom. The minimum atomic E-state index is -0.470. The minimum Gasteiger partial charge on any atom is -0.338 e. The van der Waals surface area contributed by atoms with Gasteiger partial charge in [-0.05, 0) is 44.9 Å². The van der Waals surface area contributed by atoms with Crippen LogP contribution < -0.4 is 5.32 Å². The molecule has 0 radical (unpaired) electrons. The summed E-state index contributed by atoms with van der Waals surface area (Å²) in [5, 5.41) is 3.47. The van der Waals surface area contributed by atoms with E-state index in [1.54, 1.807) is 0 Å². The molecule has 0 aromatic heterocycles. The van der Waals surface area contributed by atoms with Gasteiger partial charge < -0.3 is 9.80 Å². The maximum atomic E-state index is 12.7. The fourth-order valence-electron chi connectivity index (χ4n) is 5.16. The Bertz CT molecular complexity index is 449. The lowest BCUT2D eigenvalue weighted by Crippen LogP contribution is -2.70.